The van der Waals surface area contributed by atoms with Crippen molar-refractivity contribution < 1.29 is 4.79 Å². The van der Waals surface area contributed by atoms with Crippen molar-refractivity contribution in [2.24, 2.45) is 5.73 Å². The van der Waals surface area contributed by atoms with Gasteiger partial charge >= 0.3 is 0 Å². The molecule has 21 heavy (non-hydrogen) atoms. The van der Waals surface area contributed by atoms with Gasteiger partial charge in [-0.25, -0.2) is 4.68 Å². The zero-order valence-corrected chi connectivity index (χ0v) is 11.9. The highest BCUT2D eigenvalue weighted by atomic mass is 16.2. The number of benzene rings is 1. The first-order valence-electron chi connectivity index (χ1n) is 6.78. The molecular formula is C15H18N4O2. The molecule has 2 rings (SSSR count). The molecule has 0 radical (unpaired) electrons. The van der Waals surface area contributed by atoms with Crippen molar-refractivity contribution in [2.75, 3.05) is 13.1 Å². The Bertz CT molecular complexity index is 680. The number of aryl methyl sites for hydroxylation is 1. The van der Waals surface area contributed by atoms with E-state index in [9.17, 15) is 9.59 Å². The van der Waals surface area contributed by atoms with Crippen LogP contribution in [0.2, 0.25) is 0 Å². The van der Waals surface area contributed by atoms with Gasteiger partial charge in [-0.15, -0.1) is 0 Å². The maximum absolute atomic E-state index is 12.0. The number of aromatic nitrogens is 2. The van der Waals surface area contributed by atoms with E-state index in [1.54, 1.807) is 11.6 Å². The number of hydrogen-bond donors (Lipinski definition) is 2. The van der Waals surface area contributed by atoms with Crippen molar-refractivity contribution in [3.05, 3.63) is 58.0 Å². The van der Waals surface area contributed by atoms with Crippen molar-refractivity contribution in [1.29, 1.82) is 0 Å². The Balaban J connectivity index is 2.35. The van der Waals surface area contributed by atoms with Crippen LogP contribution in [0.1, 0.15) is 22.6 Å². The van der Waals surface area contributed by atoms with Gasteiger partial charge in [-0.2, -0.15) is 5.10 Å². The molecule has 0 saturated carbocycles. The van der Waals surface area contributed by atoms with E-state index in [1.165, 1.54) is 6.07 Å². The number of hydrogen-bond acceptors (Lipinski definition) is 4. The fourth-order valence-electron chi connectivity index (χ4n) is 1.92. The topological polar surface area (TPSA) is 90.0 Å². The predicted molar refractivity (Wildman–Crippen MR) is 80.6 cm³/mol. The smallest absolute Gasteiger partial charge is 0.275 e. The van der Waals surface area contributed by atoms with E-state index in [0.717, 1.165) is 5.69 Å². The molecule has 0 aliphatic heterocycles. The molecule has 0 aliphatic rings. The monoisotopic (exact) mass is 286 g/mol. The van der Waals surface area contributed by atoms with Crippen LogP contribution in [0.5, 0.6) is 0 Å². The molecule has 0 unspecified atom stereocenters. The number of carbonyl (C=O) groups excluding carboxylic acids is 1. The van der Waals surface area contributed by atoms with E-state index >= 15 is 0 Å². The summed E-state index contributed by atoms with van der Waals surface area (Å²) >= 11 is 0. The SMILES string of the molecule is Cc1cc(=O)c(C(=O)NCCCN)nn1-c1ccccc1. The highest BCUT2D eigenvalue weighted by molar-refractivity contribution is 5.92. The summed E-state index contributed by atoms with van der Waals surface area (Å²) in [6, 6.07) is 10.8. The molecule has 0 atom stereocenters. The first-order valence-corrected chi connectivity index (χ1v) is 6.78. The summed E-state index contributed by atoms with van der Waals surface area (Å²) in [5, 5.41) is 6.83. The van der Waals surface area contributed by atoms with Gasteiger partial charge in [0.05, 0.1) is 5.69 Å². The van der Waals surface area contributed by atoms with E-state index in [-0.39, 0.29) is 11.1 Å². The van der Waals surface area contributed by atoms with Crippen LogP contribution in [0, 0.1) is 6.92 Å². The molecule has 1 aromatic carbocycles. The molecule has 1 amide bonds. The summed E-state index contributed by atoms with van der Waals surface area (Å²) < 4.78 is 1.58. The average Bonchev–Trinajstić information content (AvgIpc) is 2.48. The maximum atomic E-state index is 12.0. The van der Waals surface area contributed by atoms with Gasteiger partial charge in [0.25, 0.3) is 5.91 Å². The second-order valence-corrected chi connectivity index (χ2v) is 4.64. The van der Waals surface area contributed by atoms with Crippen LogP contribution in [0.25, 0.3) is 5.69 Å². The van der Waals surface area contributed by atoms with E-state index in [0.29, 0.717) is 25.2 Å². The van der Waals surface area contributed by atoms with Crippen molar-refractivity contribution in [2.45, 2.75) is 13.3 Å². The summed E-state index contributed by atoms with van der Waals surface area (Å²) in [5.41, 5.74) is 6.34. The molecule has 0 fully saturated rings. The molecule has 0 bridgehead atoms. The van der Waals surface area contributed by atoms with Gasteiger partial charge in [0, 0.05) is 18.3 Å². The fourth-order valence-corrected chi connectivity index (χ4v) is 1.92. The fraction of sp³-hybridized carbons (Fsp3) is 0.267. The van der Waals surface area contributed by atoms with Gasteiger partial charge in [-0.3, -0.25) is 9.59 Å². The van der Waals surface area contributed by atoms with Crippen LogP contribution < -0.4 is 16.5 Å². The van der Waals surface area contributed by atoms with Crippen LogP contribution in [-0.4, -0.2) is 28.8 Å². The number of para-hydroxylation sites is 1. The number of nitrogens with one attached hydrogen (secondary N) is 1. The molecule has 2 aromatic rings. The first kappa shape index (κ1) is 14.9. The molecule has 1 aromatic heterocycles. The van der Waals surface area contributed by atoms with Gasteiger partial charge in [-0.1, -0.05) is 18.2 Å². The van der Waals surface area contributed by atoms with E-state index < -0.39 is 5.91 Å². The summed E-state index contributed by atoms with van der Waals surface area (Å²) in [7, 11) is 0. The number of rotatable bonds is 5. The number of amides is 1. The lowest BCUT2D eigenvalue weighted by molar-refractivity contribution is 0.0945. The first-order chi connectivity index (χ1) is 10.1. The summed E-state index contributed by atoms with van der Waals surface area (Å²) in [6.07, 6.45) is 0.657. The van der Waals surface area contributed by atoms with Crippen molar-refractivity contribution >= 4 is 5.91 Å². The number of carbonyl (C=O) groups is 1. The van der Waals surface area contributed by atoms with E-state index in [2.05, 4.69) is 10.4 Å². The zero-order valence-electron chi connectivity index (χ0n) is 11.9. The third-order valence-electron chi connectivity index (χ3n) is 2.99. The minimum Gasteiger partial charge on any atom is -0.350 e. The average molecular weight is 286 g/mol. The van der Waals surface area contributed by atoms with Crippen molar-refractivity contribution in [1.82, 2.24) is 15.1 Å². The van der Waals surface area contributed by atoms with Crippen LogP contribution in [-0.2, 0) is 0 Å². The Morgan fingerprint density at radius 1 is 1.33 bits per heavy atom. The number of nitrogens with two attached hydrogens (primary N) is 1. The number of nitrogens with zero attached hydrogens (tertiary/aromatic N) is 2. The molecule has 6 nitrogen and oxygen atoms in total. The third kappa shape index (κ3) is 3.55. The zero-order chi connectivity index (χ0) is 15.2. The minimum atomic E-state index is -0.474. The Morgan fingerprint density at radius 3 is 2.71 bits per heavy atom. The molecule has 0 aliphatic carbocycles. The lowest BCUT2D eigenvalue weighted by Crippen LogP contribution is -2.33. The second kappa shape index (κ2) is 6.81. The van der Waals surface area contributed by atoms with Crippen LogP contribution in [0.3, 0.4) is 0 Å². The molecule has 110 valence electrons. The van der Waals surface area contributed by atoms with Crippen LogP contribution >= 0.6 is 0 Å². The Kier molecular flexibility index (Phi) is 4.84. The maximum Gasteiger partial charge on any atom is 0.275 e. The van der Waals surface area contributed by atoms with E-state index in [4.69, 9.17) is 5.73 Å². The Morgan fingerprint density at radius 2 is 2.05 bits per heavy atom. The largest absolute Gasteiger partial charge is 0.350 e. The van der Waals surface area contributed by atoms with Crippen molar-refractivity contribution in [3.63, 3.8) is 0 Å². The molecule has 1 heterocycles. The minimum absolute atomic E-state index is 0.110. The summed E-state index contributed by atoms with van der Waals surface area (Å²) in [4.78, 5) is 23.9. The van der Waals surface area contributed by atoms with Gasteiger partial charge in [0.2, 0.25) is 5.43 Å². The molecule has 6 heteroatoms. The van der Waals surface area contributed by atoms with Crippen LogP contribution in [0.15, 0.2) is 41.2 Å². The Labute approximate surface area is 122 Å². The van der Waals surface area contributed by atoms with E-state index in [1.807, 2.05) is 30.3 Å². The molecular weight excluding hydrogens is 268 g/mol. The van der Waals surface area contributed by atoms with Gasteiger partial charge < -0.3 is 11.1 Å². The molecule has 0 spiro atoms. The molecule has 0 saturated heterocycles. The highest BCUT2D eigenvalue weighted by Gasteiger charge is 2.14. The summed E-state index contributed by atoms with van der Waals surface area (Å²) in [6.45, 7) is 2.68. The standard InChI is InChI=1S/C15H18N4O2/c1-11-10-13(20)14(15(21)17-9-5-8-16)18-19(11)12-6-3-2-4-7-12/h2-4,6-7,10H,5,8-9,16H2,1H3,(H,17,21). The normalized spacial score (nSPS) is 10.4. The summed E-state index contributed by atoms with van der Waals surface area (Å²) in [5.74, 6) is -0.474. The van der Waals surface area contributed by atoms with Gasteiger partial charge in [0.15, 0.2) is 5.69 Å². The quantitative estimate of drug-likeness (QED) is 0.788. The Hall–Kier alpha value is -2.47. The van der Waals surface area contributed by atoms with Crippen molar-refractivity contribution in [3.8, 4) is 5.69 Å². The lowest BCUT2D eigenvalue weighted by Gasteiger charge is -2.11. The third-order valence-corrected chi connectivity index (χ3v) is 2.99. The predicted octanol–water partition coefficient (Wildman–Crippen LogP) is 0.620. The lowest BCUT2D eigenvalue weighted by atomic mass is 10.2. The van der Waals surface area contributed by atoms with Crippen LogP contribution in [0.4, 0.5) is 0 Å². The van der Waals surface area contributed by atoms with Gasteiger partial charge in [0.1, 0.15) is 0 Å². The molecule has 3 N–H and O–H groups in total. The van der Waals surface area contributed by atoms with Gasteiger partial charge in [-0.05, 0) is 32.0 Å². The second-order valence-electron chi connectivity index (χ2n) is 4.64. The highest BCUT2D eigenvalue weighted by Crippen LogP contribution is 2.07.